The number of hydrogen-bond acceptors (Lipinski definition) is 9. The number of benzene rings is 2. The van der Waals surface area contributed by atoms with Crippen molar-refractivity contribution < 1.29 is 14.3 Å². The second kappa shape index (κ2) is 11.4. The molecule has 6 rings (SSSR count). The van der Waals surface area contributed by atoms with Crippen LogP contribution in [0.3, 0.4) is 0 Å². The van der Waals surface area contributed by atoms with Gasteiger partial charge in [0.25, 0.3) is 5.91 Å². The Labute approximate surface area is 236 Å². The highest BCUT2D eigenvalue weighted by molar-refractivity contribution is 6.32. The first-order chi connectivity index (χ1) is 19.6. The maximum Gasteiger partial charge on any atom is 0.258 e. The number of allylic oxidation sites excluding steroid dienone is 1. The fraction of sp³-hybridized carbons (Fsp3) is 0.286. The van der Waals surface area contributed by atoms with Crippen LogP contribution in [0, 0.1) is 5.92 Å². The number of amides is 1. The Morgan fingerprint density at radius 1 is 1.20 bits per heavy atom. The van der Waals surface area contributed by atoms with Gasteiger partial charge in [0.05, 0.1) is 35.5 Å². The number of carbonyl (C=O) groups is 1. The molecule has 0 radical (unpaired) electrons. The van der Waals surface area contributed by atoms with Gasteiger partial charge >= 0.3 is 0 Å². The molecule has 2 aliphatic heterocycles. The molecule has 3 aromatic rings. The Bertz CT molecular complexity index is 1480. The number of rotatable bonds is 9. The van der Waals surface area contributed by atoms with Crippen LogP contribution in [0.15, 0.2) is 76.5 Å². The molecule has 1 fully saturated rings. The van der Waals surface area contributed by atoms with Gasteiger partial charge in [0, 0.05) is 24.4 Å². The first-order valence-corrected chi connectivity index (χ1v) is 13.4. The lowest BCUT2D eigenvalue weighted by atomic mass is 9.96. The number of anilines is 1. The summed E-state index contributed by atoms with van der Waals surface area (Å²) in [6.45, 7) is 1.57. The molecule has 12 heteroatoms. The van der Waals surface area contributed by atoms with Crippen LogP contribution < -0.4 is 30.8 Å². The average Bonchev–Trinajstić information content (AvgIpc) is 3.76. The summed E-state index contributed by atoms with van der Waals surface area (Å²) in [5.74, 6) is 1.68. The predicted octanol–water partition coefficient (Wildman–Crippen LogP) is 2.81. The topological polar surface area (TPSA) is 127 Å². The third kappa shape index (κ3) is 5.38. The number of ether oxygens (including phenoxy) is 2. The highest BCUT2D eigenvalue weighted by Gasteiger charge is 2.30. The summed E-state index contributed by atoms with van der Waals surface area (Å²) in [6, 6.07) is 15.3. The van der Waals surface area contributed by atoms with Crippen molar-refractivity contribution in [3.8, 4) is 28.6 Å². The number of hydrazone groups is 1. The van der Waals surface area contributed by atoms with Crippen molar-refractivity contribution in [1.82, 2.24) is 30.8 Å². The van der Waals surface area contributed by atoms with Crippen molar-refractivity contribution in [3.63, 3.8) is 0 Å². The highest BCUT2D eigenvalue weighted by atomic mass is 35.5. The lowest BCUT2D eigenvalue weighted by molar-refractivity contribution is -0.123. The van der Waals surface area contributed by atoms with Crippen molar-refractivity contribution in [3.05, 3.63) is 71.4 Å². The normalized spacial score (nSPS) is 21.2. The summed E-state index contributed by atoms with van der Waals surface area (Å²) in [5, 5.41) is 19.1. The van der Waals surface area contributed by atoms with E-state index in [1.165, 1.54) is 0 Å². The summed E-state index contributed by atoms with van der Waals surface area (Å²) < 4.78 is 13.1. The van der Waals surface area contributed by atoms with Crippen molar-refractivity contribution in [2.75, 3.05) is 32.1 Å². The standard InChI is InChI=1S/C28H29ClN8O3/c1-39-24-13-17(7-10-23(24)40-16-25(38)32-18-11-12-30-14-18)27-34-28(37(36-27)19-5-3-2-4-6-19)33-22-9-8-21-20(26(22)29)15-31-35-21/h2-10,13,15,18,20-21,30,35H,11-12,14,16H2,1H3,(H,32,38)(H,33,34,36). The smallest absolute Gasteiger partial charge is 0.258 e. The molecule has 3 atom stereocenters. The van der Waals surface area contributed by atoms with Gasteiger partial charge < -0.3 is 30.8 Å². The van der Waals surface area contributed by atoms with Crippen LogP contribution in [0.4, 0.5) is 5.95 Å². The van der Waals surface area contributed by atoms with E-state index in [9.17, 15) is 4.79 Å². The molecule has 11 nitrogen and oxygen atoms in total. The van der Waals surface area contributed by atoms with E-state index in [2.05, 4.69) is 26.5 Å². The van der Waals surface area contributed by atoms with Gasteiger partial charge in [0.15, 0.2) is 23.9 Å². The summed E-state index contributed by atoms with van der Waals surface area (Å²) in [4.78, 5) is 17.1. The van der Waals surface area contributed by atoms with Crippen LogP contribution in [0.25, 0.3) is 17.1 Å². The van der Waals surface area contributed by atoms with Gasteiger partial charge in [0.2, 0.25) is 5.95 Å². The molecular weight excluding hydrogens is 532 g/mol. The van der Waals surface area contributed by atoms with Crippen molar-refractivity contribution in [2.24, 2.45) is 11.0 Å². The zero-order valence-electron chi connectivity index (χ0n) is 21.8. The fourth-order valence-corrected chi connectivity index (χ4v) is 5.13. The summed E-state index contributed by atoms with van der Waals surface area (Å²) in [7, 11) is 1.55. The van der Waals surface area contributed by atoms with Crippen LogP contribution in [0.2, 0.25) is 0 Å². The zero-order chi connectivity index (χ0) is 27.5. The van der Waals surface area contributed by atoms with Crippen LogP contribution >= 0.6 is 11.6 Å². The second-order valence-corrected chi connectivity index (χ2v) is 10.0. The van der Waals surface area contributed by atoms with E-state index in [0.29, 0.717) is 28.3 Å². The van der Waals surface area contributed by atoms with E-state index in [-0.39, 0.29) is 30.5 Å². The molecule has 0 spiro atoms. The quantitative estimate of drug-likeness (QED) is 0.315. The molecular formula is C28H29ClN8O3. The monoisotopic (exact) mass is 560 g/mol. The Balaban J connectivity index is 1.25. The van der Waals surface area contributed by atoms with Crippen LogP contribution in [0.1, 0.15) is 6.42 Å². The number of hydrogen-bond donors (Lipinski definition) is 4. The average molecular weight is 561 g/mol. The van der Waals surface area contributed by atoms with Gasteiger partial charge in [-0.3, -0.25) is 4.79 Å². The van der Waals surface area contributed by atoms with E-state index in [1.54, 1.807) is 30.1 Å². The molecule has 1 amide bonds. The molecule has 1 aliphatic carbocycles. The Morgan fingerprint density at radius 3 is 2.88 bits per heavy atom. The molecule has 40 heavy (non-hydrogen) atoms. The number of nitrogens with zero attached hydrogens (tertiary/aromatic N) is 4. The third-order valence-corrected chi connectivity index (χ3v) is 7.38. The number of aromatic nitrogens is 3. The van der Waals surface area contributed by atoms with E-state index in [1.807, 2.05) is 48.6 Å². The van der Waals surface area contributed by atoms with Crippen molar-refractivity contribution in [1.29, 1.82) is 0 Å². The van der Waals surface area contributed by atoms with E-state index >= 15 is 0 Å². The van der Waals surface area contributed by atoms with Gasteiger partial charge in [-0.2, -0.15) is 14.8 Å². The lowest BCUT2D eigenvalue weighted by Crippen LogP contribution is -2.39. The summed E-state index contributed by atoms with van der Waals surface area (Å²) in [6.07, 6.45) is 6.65. The first-order valence-electron chi connectivity index (χ1n) is 13.1. The van der Waals surface area contributed by atoms with Crippen LogP contribution in [-0.2, 0) is 4.79 Å². The van der Waals surface area contributed by atoms with Crippen LogP contribution in [-0.4, -0.2) is 65.8 Å². The van der Waals surface area contributed by atoms with Gasteiger partial charge in [-0.25, -0.2) is 0 Å². The minimum Gasteiger partial charge on any atom is -0.493 e. The van der Waals surface area contributed by atoms with Gasteiger partial charge in [0.1, 0.15) is 0 Å². The molecule has 4 N–H and O–H groups in total. The molecule has 0 saturated carbocycles. The number of halogens is 1. The van der Waals surface area contributed by atoms with Crippen molar-refractivity contribution in [2.45, 2.75) is 18.5 Å². The highest BCUT2D eigenvalue weighted by Crippen LogP contribution is 2.34. The number of fused-ring (bicyclic) bond motifs is 1. The molecule has 0 bridgehead atoms. The Hall–Kier alpha value is -4.35. The van der Waals surface area contributed by atoms with Gasteiger partial charge in [-0.15, -0.1) is 5.10 Å². The predicted molar refractivity (Wildman–Crippen MR) is 153 cm³/mol. The van der Waals surface area contributed by atoms with Gasteiger partial charge in [-0.1, -0.05) is 35.9 Å². The van der Waals surface area contributed by atoms with Crippen LogP contribution in [0.5, 0.6) is 11.5 Å². The molecule has 206 valence electrons. The Morgan fingerprint density at radius 2 is 2.08 bits per heavy atom. The summed E-state index contributed by atoms with van der Waals surface area (Å²) >= 11 is 6.73. The van der Waals surface area contributed by atoms with E-state index in [4.69, 9.17) is 31.2 Å². The second-order valence-electron chi connectivity index (χ2n) is 9.62. The number of para-hydroxylation sites is 1. The molecule has 3 unspecified atom stereocenters. The molecule has 1 aromatic heterocycles. The zero-order valence-corrected chi connectivity index (χ0v) is 22.6. The van der Waals surface area contributed by atoms with Gasteiger partial charge in [-0.05, 0) is 49.4 Å². The minimum absolute atomic E-state index is 0.0413. The Kier molecular flexibility index (Phi) is 7.39. The molecule has 1 saturated heterocycles. The fourth-order valence-electron chi connectivity index (χ4n) is 4.83. The number of nitrogens with one attached hydrogen (secondary N) is 4. The SMILES string of the molecule is COc1cc(-c2nc(NC3=C(Cl)C4C=NNC4C=C3)n(-c3ccccc3)n2)ccc1OCC(=O)NC1CCNC1. The first kappa shape index (κ1) is 25.9. The van der Waals surface area contributed by atoms with Crippen molar-refractivity contribution >= 4 is 29.7 Å². The maximum atomic E-state index is 12.3. The summed E-state index contributed by atoms with van der Waals surface area (Å²) in [5.41, 5.74) is 5.31. The number of methoxy groups -OCH3 is 1. The maximum absolute atomic E-state index is 12.3. The molecule has 3 aliphatic rings. The van der Waals surface area contributed by atoms with E-state index < -0.39 is 0 Å². The minimum atomic E-state index is -0.172. The largest absolute Gasteiger partial charge is 0.493 e. The third-order valence-electron chi connectivity index (χ3n) is 6.93. The molecule has 2 aromatic carbocycles. The molecule has 3 heterocycles. The lowest BCUT2D eigenvalue weighted by Gasteiger charge is -2.21. The van der Waals surface area contributed by atoms with E-state index in [0.717, 1.165) is 36.5 Å². The number of carbonyl (C=O) groups excluding carboxylic acids is 1.